The molecule has 2 aromatic rings. The van der Waals surface area contributed by atoms with Gasteiger partial charge in [-0.25, -0.2) is 0 Å². The van der Waals surface area contributed by atoms with Crippen molar-refractivity contribution in [1.82, 2.24) is 15.5 Å². The van der Waals surface area contributed by atoms with Crippen LogP contribution in [0.1, 0.15) is 18.2 Å². The molecule has 1 unspecified atom stereocenters. The van der Waals surface area contributed by atoms with Crippen molar-refractivity contribution in [3.8, 4) is 0 Å². The highest BCUT2D eigenvalue weighted by Crippen LogP contribution is 2.27. The number of nitrogens with zero attached hydrogens (tertiary/aromatic N) is 1. The van der Waals surface area contributed by atoms with Gasteiger partial charge in [0, 0.05) is 6.42 Å². The topological polar surface area (TPSA) is 101 Å². The van der Waals surface area contributed by atoms with Gasteiger partial charge < -0.3 is 19.8 Å². The number of carbonyl (C=O) groups excluding carboxylic acids is 3. The van der Waals surface area contributed by atoms with Gasteiger partial charge in [-0.15, -0.1) is 0 Å². The molecule has 1 aromatic heterocycles. The van der Waals surface area contributed by atoms with E-state index in [1.807, 2.05) is 30.3 Å². The Hall–Kier alpha value is -3.13. The van der Waals surface area contributed by atoms with E-state index in [9.17, 15) is 14.4 Å². The Morgan fingerprint density at radius 1 is 1.14 bits per heavy atom. The number of esters is 1. The van der Waals surface area contributed by atoms with Crippen LogP contribution in [0.3, 0.4) is 0 Å². The minimum atomic E-state index is -0.781. The number of hydrogen-bond acceptors (Lipinski definition) is 6. The Kier molecular flexibility index (Phi) is 6.66. The van der Waals surface area contributed by atoms with Crippen LogP contribution < -0.4 is 10.6 Å². The number of ether oxygens (including phenoxy) is 1. The number of rotatable bonds is 9. The molecule has 8 nitrogen and oxygen atoms in total. The van der Waals surface area contributed by atoms with E-state index < -0.39 is 24.1 Å². The van der Waals surface area contributed by atoms with E-state index in [2.05, 4.69) is 10.6 Å². The second-order valence-corrected chi connectivity index (χ2v) is 6.86. The number of amides is 2. The summed E-state index contributed by atoms with van der Waals surface area (Å²) >= 11 is 0. The Labute approximate surface area is 169 Å². The third kappa shape index (κ3) is 5.23. The SMILES string of the molecule is CCOC(=O)[C@@H]1[C@@H](C(=O)N[C@@H](Cc2ccccc2)C(=O)NCc2ccco2)N1C. The number of likely N-dealkylation sites (N-methyl/N-ethyl adjacent to an activating group) is 1. The maximum Gasteiger partial charge on any atom is 0.325 e. The lowest BCUT2D eigenvalue weighted by molar-refractivity contribution is -0.143. The summed E-state index contributed by atoms with van der Waals surface area (Å²) in [6.07, 6.45) is 1.86. The molecular formula is C21H25N3O5. The minimum Gasteiger partial charge on any atom is -0.467 e. The minimum absolute atomic E-state index is 0.224. The van der Waals surface area contributed by atoms with Gasteiger partial charge in [0.15, 0.2) is 0 Å². The van der Waals surface area contributed by atoms with Crippen molar-refractivity contribution in [3.63, 3.8) is 0 Å². The Bertz CT molecular complexity index is 837. The van der Waals surface area contributed by atoms with Gasteiger partial charge in [0.1, 0.15) is 23.9 Å². The maximum atomic E-state index is 12.7. The first kappa shape index (κ1) is 20.6. The number of furan rings is 1. The fourth-order valence-corrected chi connectivity index (χ4v) is 3.22. The van der Waals surface area contributed by atoms with Crippen LogP contribution >= 0.6 is 0 Å². The van der Waals surface area contributed by atoms with Crippen molar-refractivity contribution in [2.24, 2.45) is 0 Å². The molecule has 2 N–H and O–H groups in total. The van der Waals surface area contributed by atoms with Crippen molar-refractivity contribution >= 4 is 17.8 Å². The molecule has 1 fully saturated rings. The largest absolute Gasteiger partial charge is 0.467 e. The van der Waals surface area contributed by atoms with Crippen molar-refractivity contribution in [2.75, 3.05) is 13.7 Å². The smallest absolute Gasteiger partial charge is 0.325 e. The molecule has 1 aliphatic heterocycles. The normalized spacial score (nSPS) is 21.1. The standard InChI is InChI=1S/C21H25N3O5/c1-3-28-21(27)18-17(24(18)2)20(26)23-16(12-14-8-5-4-6-9-14)19(25)22-13-15-10-7-11-29-15/h4-11,16-18H,3,12-13H2,1-2H3,(H,22,25)(H,23,26)/t16-,17-,18-,24?/m0/s1. The summed E-state index contributed by atoms with van der Waals surface area (Å²) in [7, 11) is 1.68. The Morgan fingerprint density at radius 3 is 2.55 bits per heavy atom. The molecule has 2 amide bonds. The molecule has 29 heavy (non-hydrogen) atoms. The van der Waals surface area contributed by atoms with Gasteiger partial charge in [-0.2, -0.15) is 0 Å². The summed E-state index contributed by atoms with van der Waals surface area (Å²) < 4.78 is 10.2. The van der Waals surface area contributed by atoms with E-state index in [1.165, 1.54) is 6.26 Å². The molecule has 2 heterocycles. The Morgan fingerprint density at radius 2 is 1.90 bits per heavy atom. The number of benzene rings is 1. The average molecular weight is 399 g/mol. The van der Waals surface area contributed by atoms with Gasteiger partial charge in [0.25, 0.3) is 0 Å². The van der Waals surface area contributed by atoms with Gasteiger partial charge in [0.2, 0.25) is 11.8 Å². The molecule has 3 rings (SSSR count). The molecule has 0 bridgehead atoms. The van der Waals surface area contributed by atoms with E-state index >= 15 is 0 Å². The van der Waals surface area contributed by atoms with Crippen molar-refractivity contribution in [1.29, 1.82) is 0 Å². The van der Waals surface area contributed by atoms with E-state index in [0.29, 0.717) is 12.2 Å². The summed E-state index contributed by atoms with van der Waals surface area (Å²) in [5, 5.41) is 5.57. The lowest BCUT2D eigenvalue weighted by Gasteiger charge is -2.18. The van der Waals surface area contributed by atoms with Crippen LogP contribution in [0, 0.1) is 0 Å². The van der Waals surface area contributed by atoms with Crippen molar-refractivity contribution in [3.05, 3.63) is 60.1 Å². The third-order valence-corrected chi connectivity index (χ3v) is 4.82. The lowest BCUT2D eigenvalue weighted by Crippen LogP contribution is -2.49. The number of carbonyl (C=O) groups is 3. The molecule has 0 aliphatic carbocycles. The van der Waals surface area contributed by atoms with Crippen LogP contribution in [0.25, 0.3) is 0 Å². The zero-order valence-electron chi connectivity index (χ0n) is 16.5. The van der Waals surface area contributed by atoms with Crippen LogP contribution in [0.2, 0.25) is 0 Å². The van der Waals surface area contributed by atoms with E-state index in [4.69, 9.17) is 9.15 Å². The molecule has 154 valence electrons. The first-order valence-electron chi connectivity index (χ1n) is 9.54. The van der Waals surface area contributed by atoms with Crippen LogP contribution in [-0.4, -0.2) is 54.5 Å². The molecule has 1 aromatic carbocycles. The van der Waals surface area contributed by atoms with Crippen LogP contribution in [-0.2, 0) is 32.1 Å². The summed E-state index contributed by atoms with van der Waals surface area (Å²) in [5.41, 5.74) is 0.914. The van der Waals surface area contributed by atoms with Crippen molar-refractivity contribution < 1.29 is 23.5 Å². The Balaban J connectivity index is 1.65. The highest BCUT2D eigenvalue weighted by Gasteiger charge is 2.55. The highest BCUT2D eigenvalue weighted by molar-refractivity contribution is 5.97. The molecule has 0 radical (unpaired) electrons. The van der Waals surface area contributed by atoms with Crippen LogP contribution in [0.5, 0.6) is 0 Å². The van der Waals surface area contributed by atoms with Gasteiger partial charge in [-0.3, -0.25) is 19.3 Å². The molecule has 4 atom stereocenters. The lowest BCUT2D eigenvalue weighted by atomic mass is 10.0. The van der Waals surface area contributed by atoms with E-state index in [-0.39, 0.29) is 25.0 Å². The fraction of sp³-hybridized carbons (Fsp3) is 0.381. The number of nitrogens with one attached hydrogen (secondary N) is 2. The second-order valence-electron chi connectivity index (χ2n) is 6.86. The first-order chi connectivity index (χ1) is 14.0. The zero-order chi connectivity index (χ0) is 20.8. The predicted molar refractivity (Wildman–Crippen MR) is 105 cm³/mol. The monoisotopic (exact) mass is 399 g/mol. The molecule has 8 heteroatoms. The summed E-state index contributed by atoms with van der Waals surface area (Å²) in [5.74, 6) is -0.515. The summed E-state index contributed by atoms with van der Waals surface area (Å²) in [6.45, 7) is 2.19. The third-order valence-electron chi connectivity index (χ3n) is 4.82. The van der Waals surface area contributed by atoms with E-state index in [1.54, 1.807) is 31.0 Å². The first-order valence-corrected chi connectivity index (χ1v) is 9.54. The quantitative estimate of drug-likeness (QED) is 0.479. The molecule has 1 aliphatic rings. The molecule has 0 spiro atoms. The molecular weight excluding hydrogens is 374 g/mol. The van der Waals surface area contributed by atoms with Crippen LogP contribution in [0.4, 0.5) is 0 Å². The predicted octanol–water partition coefficient (Wildman–Crippen LogP) is 0.869. The molecule has 1 saturated heterocycles. The highest BCUT2D eigenvalue weighted by atomic mass is 16.5. The van der Waals surface area contributed by atoms with Gasteiger partial charge >= 0.3 is 5.97 Å². The second kappa shape index (κ2) is 9.38. The van der Waals surface area contributed by atoms with Crippen LogP contribution in [0.15, 0.2) is 53.1 Å². The summed E-state index contributed by atoms with van der Waals surface area (Å²) in [4.78, 5) is 39.0. The number of hydrogen-bond donors (Lipinski definition) is 2. The average Bonchev–Trinajstić information content (AvgIpc) is 3.12. The van der Waals surface area contributed by atoms with E-state index in [0.717, 1.165) is 5.56 Å². The summed E-state index contributed by atoms with van der Waals surface area (Å²) in [6, 6.07) is 10.9. The fourth-order valence-electron chi connectivity index (χ4n) is 3.22. The van der Waals surface area contributed by atoms with Gasteiger partial charge in [-0.1, -0.05) is 30.3 Å². The zero-order valence-corrected chi connectivity index (χ0v) is 16.5. The maximum absolute atomic E-state index is 12.7. The molecule has 0 saturated carbocycles. The van der Waals surface area contributed by atoms with Crippen molar-refractivity contribution in [2.45, 2.75) is 38.0 Å². The van der Waals surface area contributed by atoms with Gasteiger partial charge in [-0.05, 0) is 31.7 Å². The van der Waals surface area contributed by atoms with Gasteiger partial charge in [0.05, 0.1) is 19.4 Å².